The van der Waals surface area contributed by atoms with Crippen molar-refractivity contribution < 1.29 is 17.7 Å². The molecule has 8 nitrogen and oxygen atoms in total. The number of sulfonamides is 1. The van der Waals surface area contributed by atoms with Crippen molar-refractivity contribution >= 4 is 27.3 Å². The van der Waals surface area contributed by atoms with Gasteiger partial charge in [-0.1, -0.05) is 5.16 Å². The van der Waals surface area contributed by atoms with Crippen LogP contribution < -0.4 is 0 Å². The van der Waals surface area contributed by atoms with Gasteiger partial charge in [0.25, 0.3) is 0 Å². The lowest BCUT2D eigenvalue weighted by molar-refractivity contribution is -0.137. The number of nitrogens with zero attached hydrogens (tertiary/aromatic N) is 4. The van der Waals surface area contributed by atoms with Gasteiger partial charge in [-0.3, -0.25) is 4.79 Å². The maximum atomic E-state index is 13.2. The number of thiazole rings is 1. The molecule has 2 aliphatic heterocycles. The summed E-state index contributed by atoms with van der Waals surface area (Å²) >= 11 is 1.63. The zero-order valence-electron chi connectivity index (χ0n) is 16.7. The van der Waals surface area contributed by atoms with Crippen LogP contribution >= 0.6 is 11.3 Å². The van der Waals surface area contributed by atoms with Crippen LogP contribution in [0.1, 0.15) is 48.1 Å². The molecule has 0 radical (unpaired) electrons. The average Bonchev–Trinajstić information content (AvgIpc) is 3.38. The maximum absolute atomic E-state index is 13.2. The Balaban J connectivity index is 1.47. The van der Waals surface area contributed by atoms with E-state index in [0.29, 0.717) is 37.4 Å². The molecule has 2 aromatic rings. The van der Waals surface area contributed by atoms with Gasteiger partial charge in [-0.2, -0.15) is 4.31 Å². The van der Waals surface area contributed by atoms with Gasteiger partial charge in [0.2, 0.25) is 15.9 Å². The molecule has 2 unspecified atom stereocenters. The Hall–Kier alpha value is -1.78. The van der Waals surface area contributed by atoms with Gasteiger partial charge in [0.05, 0.1) is 10.9 Å². The first-order valence-corrected chi connectivity index (χ1v) is 12.3. The molecule has 2 aliphatic rings. The number of hydrogen-bond acceptors (Lipinski definition) is 7. The molecule has 2 fully saturated rings. The Morgan fingerprint density at radius 1 is 1.21 bits per heavy atom. The van der Waals surface area contributed by atoms with Crippen molar-refractivity contribution in [2.45, 2.75) is 50.3 Å². The summed E-state index contributed by atoms with van der Waals surface area (Å²) < 4.78 is 32.7. The minimum Gasteiger partial charge on any atom is -0.360 e. The van der Waals surface area contributed by atoms with Crippen molar-refractivity contribution in [2.75, 3.05) is 26.2 Å². The molecule has 4 heterocycles. The Labute approximate surface area is 174 Å². The molecule has 0 aromatic carbocycles. The van der Waals surface area contributed by atoms with Gasteiger partial charge in [0.1, 0.15) is 10.6 Å². The van der Waals surface area contributed by atoms with E-state index in [2.05, 4.69) is 10.1 Å². The summed E-state index contributed by atoms with van der Waals surface area (Å²) in [6.45, 7) is 5.25. The average molecular weight is 439 g/mol. The van der Waals surface area contributed by atoms with E-state index < -0.39 is 10.0 Å². The first kappa shape index (κ1) is 20.5. The van der Waals surface area contributed by atoms with Crippen LogP contribution in [-0.2, 0) is 14.8 Å². The van der Waals surface area contributed by atoms with Crippen molar-refractivity contribution in [3.8, 4) is 0 Å². The van der Waals surface area contributed by atoms with E-state index in [9.17, 15) is 13.2 Å². The van der Waals surface area contributed by atoms with E-state index in [1.54, 1.807) is 31.4 Å². The maximum Gasteiger partial charge on any atom is 0.248 e. The van der Waals surface area contributed by atoms with E-state index in [0.717, 1.165) is 24.4 Å². The topological polar surface area (TPSA) is 96.6 Å². The fourth-order valence-electron chi connectivity index (χ4n) is 4.41. The fraction of sp³-hybridized carbons (Fsp3) is 0.632. The molecule has 2 atom stereocenters. The lowest BCUT2D eigenvalue weighted by atomic mass is 9.94. The van der Waals surface area contributed by atoms with Gasteiger partial charge in [-0.15, -0.1) is 11.3 Å². The highest BCUT2D eigenvalue weighted by Crippen LogP contribution is 2.32. The zero-order valence-corrected chi connectivity index (χ0v) is 18.3. The molecule has 158 valence electrons. The molecule has 2 aromatic heterocycles. The normalized spacial score (nSPS) is 24.0. The van der Waals surface area contributed by atoms with E-state index in [1.807, 2.05) is 10.3 Å². The van der Waals surface area contributed by atoms with Gasteiger partial charge < -0.3 is 9.42 Å². The number of amides is 1. The van der Waals surface area contributed by atoms with Crippen LogP contribution in [0.3, 0.4) is 0 Å². The van der Waals surface area contributed by atoms with E-state index >= 15 is 0 Å². The molecule has 0 aliphatic carbocycles. The van der Waals surface area contributed by atoms with Crippen LogP contribution in [0.5, 0.6) is 0 Å². The van der Waals surface area contributed by atoms with Crippen molar-refractivity contribution in [3.63, 3.8) is 0 Å². The van der Waals surface area contributed by atoms with Crippen LogP contribution in [0.4, 0.5) is 0 Å². The summed E-state index contributed by atoms with van der Waals surface area (Å²) in [7, 11) is -3.73. The quantitative estimate of drug-likeness (QED) is 0.728. The monoisotopic (exact) mass is 438 g/mol. The van der Waals surface area contributed by atoms with Crippen LogP contribution in [-0.4, -0.2) is 59.8 Å². The highest BCUT2D eigenvalue weighted by Gasteiger charge is 2.38. The molecule has 0 saturated carbocycles. The minimum absolute atomic E-state index is 0.0601. The van der Waals surface area contributed by atoms with Crippen LogP contribution in [0.2, 0.25) is 0 Å². The van der Waals surface area contributed by atoms with E-state index in [-0.39, 0.29) is 29.2 Å². The largest absolute Gasteiger partial charge is 0.360 e. The molecule has 4 rings (SSSR count). The lowest BCUT2D eigenvalue weighted by Crippen LogP contribution is -2.48. The van der Waals surface area contributed by atoms with Gasteiger partial charge in [-0.25, -0.2) is 13.4 Å². The lowest BCUT2D eigenvalue weighted by Gasteiger charge is -2.37. The third-order valence-electron chi connectivity index (χ3n) is 5.83. The van der Waals surface area contributed by atoms with Gasteiger partial charge >= 0.3 is 0 Å². The number of hydrogen-bond donors (Lipinski definition) is 0. The fourth-order valence-corrected chi connectivity index (χ4v) is 6.99. The molecule has 2 saturated heterocycles. The summed E-state index contributed by atoms with van der Waals surface area (Å²) in [5.41, 5.74) is 0.360. The summed E-state index contributed by atoms with van der Waals surface area (Å²) in [4.78, 5) is 19.7. The van der Waals surface area contributed by atoms with E-state index in [1.165, 1.54) is 4.31 Å². The summed E-state index contributed by atoms with van der Waals surface area (Å²) in [6, 6.07) is 0. The smallest absolute Gasteiger partial charge is 0.248 e. The molecule has 0 bridgehead atoms. The molecular formula is C19H26N4O4S2. The Kier molecular flexibility index (Phi) is 5.76. The summed E-state index contributed by atoms with van der Waals surface area (Å²) in [6.07, 6.45) is 5.17. The first-order chi connectivity index (χ1) is 13.9. The molecule has 0 N–H and O–H groups in total. The number of aromatic nitrogens is 2. The Morgan fingerprint density at radius 2 is 2.00 bits per heavy atom. The molecule has 1 amide bonds. The number of likely N-dealkylation sites (tertiary alicyclic amines) is 1. The minimum atomic E-state index is -3.73. The van der Waals surface area contributed by atoms with Crippen LogP contribution in [0.25, 0.3) is 0 Å². The Morgan fingerprint density at radius 3 is 2.69 bits per heavy atom. The van der Waals surface area contributed by atoms with Crippen molar-refractivity contribution in [2.24, 2.45) is 5.92 Å². The SMILES string of the molecule is Cc1noc(C)c1S(=O)(=O)N1CCCC(C(=O)N2CCCC(c3nccs3)C2)C1. The van der Waals surface area contributed by atoms with Gasteiger partial charge in [-0.05, 0) is 39.5 Å². The second-order valence-electron chi connectivity index (χ2n) is 7.85. The Bertz CT molecular complexity index is 951. The van der Waals surface area contributed by atoms with Crippen molar-refractivity contribution in [1.82, 2.24) is 19.3 Å². The zero-order chi connectivity index (χ0) is 20.6. The second-order valence-corrected chi connectivity index (χ2v) is 10.7. The molecule has 0 spiro atoms. The third kappa shape index (κ3) is 3.97. The van der Waals surface area contributed by atoms with Crippen LogP contribution in [0.15, 0.2) is 21.0 Å². The number of rotatable bonds is 4. The molecular weight excluding hydrogens is 412 g/mol. The highest BCUT2D eigenvalue weighted by atomic mass is 32.2. The van der Waals surface area contributed by atoms with Crippen LogP contribution in [0, 0.1) is 19.8 Å². The number of piperidine rings is 2. The van der Waals surface area contributed by atoms with Gasteiger partial charge in [0.15, 0.2) is 5.76 Å². The van der Waals surface area contributed by atoms with Crippen molar-refractivity contribution in [3.05, 3.63) is 28.0 Å². The van der Waals surface area contributed by atoms with Crippen molar-refractivity contribution in [1.29, 1.82) is 0 Å². The highest BCUT2D eigenvalue weighted by molar-refractivity contribution is 7.89. The first-order valence-electron chi connectivity index (χ1n) is 9.99. The summed E-state index contributed by atoms with van der Waals surface area (Å²) in [5, 5.41) is 6.82. The third-order valence-corrected chi connectivity index (χ3v) is 8.88. The number of carbonyl (C=O) groups excluding carboxylic acids is 1. The van der Waals surface area contributed by atoms with E-state index in [4.69, 9.17) is 4.52 Å². The number of aryl methyl sites for hydroxylation is 2. The predicted octanol–water partition coefficient (Wildman–Crippen LogP) is 2.55. The number of carbonyl (C=O) groups is 1. The predicted molar refractivity (Wildman–Crippen MR) is 108 cm³/mol. The summed E-state index contributed by atoms with van der Waals surface area (Å²) in [5.74, 6) is 0.315. The standard InChI is InChI=1S/C19H26N4O4S2/c1-13-17(14(2)27-21-13)29(25,26)23-9-4-6-16(12-23)19(24)22-8-3-5-15(11-22)18-20-7-10-28-18/h7,10,15-16H,3-6,8-9,11-12H2,1-2H3. The second kappa shape index (κ2) is 8.16. The molecule has 10 heteroatoms. The molecule has 29 heavy (non-hydrogen) atoms. The van der Waals surface area contributed by atoms with Gasteiger partial charge in [0, 0.05) is 43.7 Å².